The Labute approximate surface area is 117 Å². The van der Waals surface area contributed by atoms with Gasteiger partial charge in [-0.2, -0.15) is 9.97 Å². The molecule has 3 aromatic rings. The smallest absolute Gasteiger partial charge is 0.264 e. The third kappa shape index (κ3) is 3.53. The Balaban J connectivity index is 0.000000510. The fourth-order valence-corrected chi connectivity index (χ4v) is 1.42. The van der Waals surface area contributed by atoms with Crippen LogP contribution >= 0.6 is 0 Å². The van der Waals surface area contributed by atoms with E-state index in [2.05, 4.69) is 38.9 Å². The maximum absolute atomic E-state index is 5.42. The molecular weight excluding hydrogens is 258 g/mol. The van der Waals surface area contributed by atoms with Gasteiger partial charge in [-0.15, -0.1) is 0 Å². The molecule has 0 unspecified atom stereocenters. The van der Waals surface area contributed by atoms with Crippen LogP contribution in [0, 0.1) is 6.92 Å². The number of nitrogens with zero attached hydrogens (tertiary/aromatic N) is 4. The highest BCUT2D eigenvalue weighted by Gasteiger charge is 2.05. The van der Waals surface area contributed by atoms with Crippen LogP contribution < -0.4 is 4.74 Å². The van der Waals surface area contributed by atoms with Gasteiger partial charge in [-0.1, -0.05) is 25.4 Å². The fraction of sp³-hybridized carbons (Fsp3) is 0.385. The summed E-state index contributed by atoms with van der Waals surface area (Å²) in [6.07, 6.45) is 2.84. The second-order valence-electron chi connectivity index (χ2n) is 4.15. The number of aromatic nitrogens is 5. The molecule has 0 radical (unpaired) electrons. The minimum Gasteiger partial charge on any atom is -0.467 e. The molecule has 0 aliphatic heterocycles. The molecule has 0 spiro atoms. The molecule has 0 aliphatic rings. The van der Waals surface area contributed by atoms with Crippen LogP contribution in [0.15, 0.2) is 23.0 Å². The molecule has 1 N–H and O–H groups in total. The Morgan fingerprint density at radius 3 is 2.80 bits per heavy atom. The van der Waals surface area contributed by atoms with E-state index in [4.69, 9.17) is 9.26 Å². The van der Waals surface area contributed by atoms with E-state index in [1.54, 1.807) is 19.3 Å². The summed E-state index contributed by atoms with van der Waals surface area (Å²) in [5, 5.41) is 3.67. The number of rotatable bonds is 3. The van der Waals surface area contributed by atoms with Crippen molar-refractivity contribution in [1.82, 2.24) is 25.1 Å². The number of aryl methyl sites for hydroxylation is 1. The first-order chi connectivity index (χ1) is 9.72. The highest BCUT2D eigenvalue weighted by atomic mass is 16.5. The van der Waals surface area contributed by atoms with Gasteiger partial charge in [-0.05, 0) is 13.0 Å². The summed E-state index contributed by atoms with van der Waals surface area (Å²) in [4.78, 5) is 15.2. The van der Waals surface area contributed by atoms with Gasteiger partial charge in [-0.25, -0.2) is 4.98 Å². The number of imidazole rings is 1. The first-order valence-corrected chi connectivity index (χ1v) is 6.45. The molecule has 108 valence electrons. The second-order valence-corrected chi connectivity index (χ2v) is 4.15. The van der Waals surface area contributed by atoms with Gasteiger partial charge >= 0.3 is 0 Å². The summed E-state index contributed by atoms with van der Waals surface area (Å²) in [5.74, 6) is 1.48. The average molecular weight is 277 g/mol. The zero-order chi connectivity index (χ0) is 14.4. The van der Waals surface area contributed by atoms with Crippen molar-refractivity contribution in [2.75, 3.05) is 0 Å². The minimum absolute atomic E-state index is 0. The largest absolute Gasteiger partial charge is 0.467 e. The number of fused-ring (bicyclic) bond motifs is 1. The zero-order valence-corrected chi connectivity index (χ0v) is 11.8. The summed E-state index contributed by atoms with van der Waals surface area (Å²) in [5.41, 5.74) is 1.48. The van der Waals surface area contributed by atoms with Gasteiger partial charge in [0.15, 0.2) is 18.1 Å². The summed E-state index contributed by atoms with van der Waals surface area (Å²) >= 11 is 0. The van der Waals surface area contributed by atoms with Crippen LogP contribution in [0.2, 0.25) is 0 Å². The predicted octanol–water partition coefficient (Wildman–Crippen LogP) is 2.89. The monoisotopic (exact) mass is 277 g/mol. The number of H-pyrrole nitrogens is 1. The van der Waals surface area contributed by atoms with Crippen LogP contribution in [-0.2, 0) is 6.61 Å². The third-order valence-corrected chi connectivity index (χ3v) is 2.17. The molecule has 0 saturated heterocycles. The molecule has 0 fully saturated rings. The van der Waals surface area contributed by atoms with Crippen molar-refractivity contribution in [3.05, 3.63) is 30.2 Å². The molecule has 0 bridgehead atoms. The summed E-state index contributed by atoms with van der Waals surface area (Å²) in [6, 6.07) is 3.60. The van der Waals surface area contributed by atoms with Gasteiger partial charge in [0.1, 0.15) is 0 Å². The van der Waals surface area contributed by atoms with Crippen LogP contribution in [0.5, 0.6) is 5.88 Å². The van der Waals surface area contributed by atoms with Crippen molar-refractivity contribution in [3.63, 3.8) is 0 Å². The predicted molar refractivity (Wildman–Crippen MR) is 75.3 cm³/mol. The molecule has 0 atom stereocenters. The van der Waals surface area contributed by atoms with E-state index in [-0.39, 0.29) is 8.03 Å². The fourth-order valence-electron chi connectivity index (χ4n) is 1.42. The van der Waals surface area contributed by atoms with Crippen LogP contribution in [-0.4, -0.2) is 25.1 Å². The minimum atomic E-state index is 0. The molecule has 7 heteroatoms. The maximum Gasteiger partial charge on any atom is 0.264 e. The van der Waals surface area contributed by atoms with Crippen LogP contribution in [0.4, 0.5) is 0 Å². The molecule has 20 heavy (non-hydrogen) atoms. The van der Waals surface area contributed by atoms with E-state index in [1.165, 1.54) is 6.42 Å². The highest BCUT2D eigenvalue weighted by Crippen LogP contribution is 2.13. The van der Waals surface area contributed by atoms with Gasteiger partial charge < -0.3 is 14.2 Å². The molecule has 3 aromatic heterocycles. The van der Waals surface area contributed by atoms with E-state index in [9.17, 15) is 0 Å². The zero-order valence-electron chi connectivity index (χ0n) is 11.8. The number of ether oxygens (including phenoxy) is 1. The van der Waals surface area contributed by atoms with Gasteiger partial charge in [0, 0.05) is 7.49 Å². The molecule has 0 aromatic carbocycles. The van der Waals surface area contributed by atoms with Crippen molar-refractivity contribution in [3.8, 4) is 5.88 Å². The van der Waals surface area contributed by atoms with Crippen molar-refractivity contribution < 1.29 is 10.7 Å². The van der Waals surface area contributed by atoms with E-state index in [1.807, 2.05) is 6.07 Å². The lowest BCUT2D eigenvalue weighted by Gasteiger charge is -2.00. The molecule has 3 rings (SSSR count). The Kier molecular flexibility index (Phi) is 4.65. The normalized spacial score (nSPS) is 10.2. The SMILES string of the molecule is CCC.Cc1noc(COc2ccc3[nH]cnc3n2)n1.[HH]. The van der Waals surface area contributed by atoms with E-state index < -0.39 is 0 Å². The summed E-state index contributed by atoms with van der Waals surface area (Å²) < 4.78 is 10.3. The van der Waals surface area contributed by atoms with Crippen LogP contribution in [0.25, 0.3) is 11.2 Å². The maximum atomic E-state index is 5.42. The van der Waals surface area contributed by atoms with Crippen LogP contribution in [0.1, 0.15) is 33.4 Å². The van der Waals surface area contributed by atoms with Crippen molar-refractivity contribution in [1.29, 1.82) is 0 Å². The van der Waals surface area contributed by atoms with Crippen molar-refractivity contribution in [2.24, 2.45) is 0 Å². The number of nitrogens with one attached hydrogen (secondary N) is 1. The molecule has 0 saturated carbocycles. The topological polar surface area (TPSA) is 89.7 Å². The average Bonchev–Trinajstić information content (AvgIpc) is 3.05. The second kappa shape index (κ2) is 6.65. The molecule has 3 heterocycles. The lowest BCUT2D eigenvalue weighted by molar-refractivity contribution is 0.236. The number of aromatic amines is 1. The lowest BCUT2D eigenvalue weighted by Crippen LogP contribution is -1.97. The molecule has 7 nitrogen and oxygen atoms in total. The summed E-state index contributed by atoms with van der Waals surface area (Å²) in [7, 11) is 0. The quantitative estimate of drug-likeness (QED) is 0.791. The van der Waals surface area contributed by atoms with Gasteiger partial charge in [0.2, 0.25) is 5.88 Å². The van der Waals surface area contributed by atoms with Gasteiger partial charge in [-0.3, -0.25) is 0 Å². The Morgan fingerprint density at radius 2 is 2.10 bits per heavy atom. The Bertz CT molecular complexity index is 667. The number of hydrogen-bond acceptors (Lipinski definition) is 6. The molecular formula is C13H19N5O2. The van der Waals surface area contributed by atoms with Gasteiger partial charge in [0.25, 0.3) is 5.89 Å². The van der Waals surface area contributed by atoms with Crippen molar-refractivity contribution >= 4 is 11.2 Å². The van der Waals surface area contributed by atoms with Crippen molar-refractivity contribution in [2.45, 2.75) is 33.8 Å². The molecule has 0 amide bonds. The standard InChI is InChI=1S/C10H9N5O2.C3H8.H2/c1-6-13-9(17-15-6)4-16-8-3-2-7-10(14-8)12-5-11-7;1-3-2;/h2-3,5H,4H2,1H3,(H,11,12,14);3H2,1-2H3;1H. The van der Waals surface area contributed by atoms with Crippen LogP contribution in [0.3, 0.4) is 0 Å². The highest BCUT2D eigenvalue weighted by molar-refractivity contribution is 5.70. The van der Waals surface area contributed by atoms with E-state index in [0.717, 1.165) is 5.52 Å². The Morgan fingerprint density at radius 1 is 1.30 bits per heavy atom. The third-order valence-electron chi connectivity index (χ3n) is 2.17. The lowest BCUT2D eigenvalue weighted by atomic mass is 10.4. The van der Waals surface area contributed by atoms with E-state index >= 15 is 0 Å². The molecule has 0 aliphatic carbocycles. The first kappa shape index (κ1) is 14.0. The number of hydrogen-bond donors (Lipinski definition) is 1. The number of pyridine rings is 1. The van der Waals surface area contributed by atoms with E-state index in [0.29, 0.717) is 23.2 Å². The first-order valence-electron chi connectivity index (χ1n) is 6.45. The van der Waals surface area contributed by atoms with Gasteiger partial charge in [0.05, 0.1) is 11.8 Å². The summed E-state index contributed by atoms with van der Waals surface area (Å²) in [6.45, 7) is 6.20. The Hall–Kier alpha value is -2.44.